The number of methoxy groups -OCH3 is 1. The molecule has 1 aliphatic carbocycles. The number of hydrogen-bond acceptors (Lipinski definition) is 6. The normalized spacial score (nSPS) is 19.3. The molecular weight excluding hydrogens is 539 g/mol. The highest BCUT2D eigenvalue weighted by molar-refractivity contribution is 5.96. The van der Waals surface area contributed by atoms with Gasteiger partial charge >= 0.3 is 6.09 Å². The van der Waals surface area contributed by atoms with Gasteiger partial charge in [0.1, 0.15) is 34.4 Å². The molecule has 2 fully saturated rings. The van der Waals surface area contributed by atoms with Gasteiger partial charge in [-0.25, -0.2) is 18.7 Å². The topological polar surface area (TPSA) is 103 Å². The molecule has 0 aromatic carbocycles. The molecule has 5 heterocycles. The third-order valence-electron chi connectivity index (χ3n) is 7.84. The summed E-state index contributed by atoms with van der Waals surface area (Å²) in [6.45, 7) is 8.26. The quantitative estimate of drug-likeness (QED) is 0.340. The van der Waals surface area contributed by atoms with Gasteiger partial charge in [0.2, 0.25) is 0 Å². The number of rotatable bonds is 6. The molecule has 1 aliphatic heterocycles. The van der Waals surface area contributed by atoms with E-state index in [9.17, 15) is 14.0 Å². The molecule has 11 heteroatoms. The van der Waals surface area contributed by atoms with E-state index in [-0.39, 0.29) is 25.4 Å². The molecule has 4 aromatic rings. The van der Waals surface area contributed by atoms with Crippen molar-refractivity contribution in [2.24, 2.45) is 5.92 Å². The van der Waals surface area contributed by atoms with Gasteiger partial charge in [0.25, 0.3) is 5.91 Å². The fraction of sp³-hybridized carbons (Fsp3) is 0.484. The molecule has 6 rings (SSSR count). The van der Waals surface area contributed by atoms with Crippen LogP contribution in [0.5, 0.6) is 5.75 Å². The number of aromatic nitrogens is 4. The van der Waals surface area contributed by atoms with Crippen LogP contribution in [0.2, 0.25) is 0 Å². The van der Waals surface area contributed by atoms with Crippen molar-refractivity contribution < 1.29 is 23.5 Å². The number of pyridine rings is 2. The van der Waals surface area contributed by atoms with E-state index in [4.69, 9.17) is 14.6 Å². The number of amides is 2. The first-order valence-corrected chi connectivity index (χ1v) is 14.4. The Kier molecular flexibility index (Phi) is 7.06. The summed E-state index contributed by atoms with van der Waals surface area (Å²) in [4.78, 5) is 32.1. The minimum atomic E-state index is -1.28. The van der Waals surface area contributed by atoms with Gasteiger partial charge in [0.05, 0.1) is 31.0 Å². The average molecular weight is 577 g/mol. The van der Waals surface area contributed by atoms with Crippen LogP contribution in [0, 0.1) is 12.8 Å². The number of nitrogens with one attached hydrogen (secondary N) is 1. The molecule has 0 bridgehead atoms. The van der Waals surface area contributed by atoms with Crippen molar-refractivity contribution in [2.75, 3.05) is 20.2 Å². The van der Waals surface area contributed by atoms with E-state index in [1.54, 1.807) is 44.7 Å². The van der Waals surface area contributed by atoms with Crippen molar-refractivity contribution in [1.29, 1.82) is 0 Å². The first kappa shape index (κ1) is 28.0. The van der Waals surface area contributed by atoms with Crippen molar-refractivity contribution in [3.05, 3.63) is 47.8 Å². The minimum Gasteiger partial charge on any atom is -0.494 e. The molecule has 222 valence electrons. The first-order chi connectivity index (χ1) is 20.0. The number of alkyl halides is 1. The van der Waals surface area contributed by atoms with Crippen LogP contribution in [0.3, 0.4) is 0 Å². The number of fused-ring (bicyclic) bond motifs is 2. The maximum atomic E-state index is 14.8. The Morgan fingerprint density at radius 1 is 1.19 bits per heavy atom. The Balaban J connectivity index is 1.32. The second-order valence-corrected chi connectivity index (χ2v) is 12.5. The Morgan fingerprint density at radius 3 is 2.69 bits per heavy atom. The highest BCUT2D eigenvalue weighted by atomic mass is 19.1. The summed E-state index contributed by atoms with van der Waals surface area (Å²) in [5.41, 5.74) is 4.01. The Labute approximate surface area is 243 Å². The van der Waals surface area contributed by atoms with E-state index in [1.165, 1.54) is 17.7 Å². The van der Waals surface area contributed by atoms with Gasteiger partial charge < -0.3 is 24.3 Å². The maximum absolute atomic E-state index is 14.8. The van der Waals surface area contributed by atoms with E-state index < -0.39 is 23.9 Å². The van der Waals surface area contributed by atoms with Crippen LogP contribution in [0.4, 0.5) is 9.18 Å². The van der Waals surface area contributed by atoms with Gasteiger partial charge in [0.15, 0.2) is 0 Å². The van der Waals surface area contributed by atoms with Crippen molar-refractivity contribution in [3.8, 4) is 17.1 Å². The van der Waals surface area contributed by atoms with Crippen LogP contribution >= 0.6 is 0 Å². The van der Waals surface area contributed by atoms with Gasteiger partial charge in [-0.15, -0.1) is 0 Å². The number of piperidine rings is 1. The molecule has 42 heavy (non-hydrogen) atoms. The summed E-state index contributed by atoms with van der Waals surface area (Å²) in [5.74, 6) is 0.766. The summed E-state index contributed by atoms with van der Waals surface area (Å²) >= 11 is 0. The molecule has 10 nitrogen and oxygen atoms in total. The molecular formula is C31H37FN6O4. The standard InChI is InChI=1S/C31H37FN6O4/c1-18-26(24-11-20-7-6-10-33-28(20)37(24)14-19-8-9-19)35-38-15-21(12-25(41-5)27(18)38)29(39)36-16-22(32)13-23(17-36)34-30(40)42-31(2,3)4/h6-7,10-12,15,19,22-23H,8-9,13-14,16-17H2,1-5H3,(H,34,40)/t22-,23-/m1/s1. The van der Waals surface area contributed by atoms with Crippen LogP contribution in [0.1, 0.15) is 56.0 Å². The van der Waals surface area contributed by atoms with Crippen molar-refractivity contribution in [3.63, 3.8) is 0 Å². The number of aryl methyl sites for hydroxylation is 1. The highest BCUT2D eigenvalue weighted by Crippen LogP contribution is 2.38. The summed E-state index contributed by atoms with van der Waals surface area (Å²) in [7, 11) is 1.56. The van der Waals surface area contributed by atoms with Crippen LogP contribution in [0.15, 0.2) is 36.7 Å². The Hall–Kier alpha value is -4.15. The summed E-state index contributed by atoms with van der Waals surface area (Å²) in [5, 5.41) is 8.70. The smallest absolute Gasteiger partial charge is 0.407 e. The molecule has 1 saturated heterocycles. The number of carbonyl (C=O) groups is 2. The number of ether oxygens (including phenoxy) is 2. The van der Waals surface area contributed by atoms with Crippen molar-refractivity contribution in [1.82, 2.24) is 29.4 Å². The van der Waals surface area contributed by atoms with E-state index in [2.05, 4.69) is 27.0 Å². The van der Waals surface area contributed by atoms with Gasteiger partial charge in [0, 0.05) is 42.9 Å². The Morgan fingerprint density at radius 2 is 1.98 bits per heavy atom. The minimum absolute atomic E-state index is 0.0661. The van der Waals surface area contributed by atoms with Gasteiger partial charge in [-0.1, -0.05) is 0 Å². The third kappa shape index (κ3) is 5.52. The summed E-state index contributed by atoms with van der Waals surface area (Å²) < 4.78 is 29.8. The zero-order valence-electron chi connectivity index (χ0n) is 24.7. The zero-order chi connectivity index (χ0) is 29.8. The maximum Gasteiger partial charge on any atom is 0.407 e. The zero-order valence-corrected chi connectivity index (χ0v) is 24.7. The van der Waals surface area contributed by atoms with Crippen LogP contribution < -0.4 is 10.1 Å². The lowest BCUT2D eigenvalue weighted by Gasteiger charge is -2.35. The van der Waals surface area contributed by atoms with Crippen LogP contribution in [-0.4, -0.2) is 74.1 Å². The number of hydrogen-bond donors (Lipinski definition) is 1. The van der Waals surface area contributed by atoms with Gasteiger partial charge in [-0.3, -0.25) is 4.79 Å². The predicted octanol–water partition coefficient (Wildman–Crippen LogP) is 5.16. The molecule has 2 amide bonds. The lowest BCUT2D eigenvalue weighted by molar-refractivity contribution is 0.0394. The second-order valence-electron chi connectivity index (χ2n) is 12.5. The van der Waals surface area contributed by atoms with E-state index in [1.807, 2.05) is 19.2 Å². The number of nitrogens with zero attached hydrogens (tertiary/aromatic N) is 5. The highest BCUT2D eigenvalue weighted by Gasteiger charge is 2.33. The molecule has 1 saturated carbocycles. The SMILES string of the molecule is COc1cc(C(=O)N2C[C@H](F)C[C@@H](NC(=O)OC(C)(C)C)C2)cn2nc(-c3cc4cccnc4n3CC3CC3)c(C)c12. The molecule has 1 N–H and O–H groups in total. The fourth-order valence-corrected chi connectivity index (χ4v) is 5.79. The molecule has 0 unspecified atom stereocenters. The largest absolute Gasteiger partial charge is 0.494 e. The van der Waals surface area contributed by atoms with E-state index in [0.29, 0.717) is 17.2 Å². The molecule has 2 aliphatic rings. The number of halogens is 1. The average Bonchev–Trinajstić information content (AvgIpc) is 3.59. The van der Waals surface area contributed by atoms with Gasteiger partial charge in [-0.05, 0) is 70.7 Å². The fourth-order valence-electron chi connectivity index (χ4n) is 5.79. The number of alkyl carbamates (subject to hydrolysis) is 1. The third-order valence-corrected chi connectivity index (χ3v) is 7.84. The number of likely N-dealkylation sites (tertiary alicyclic amines) is 1. The molecule has 0 spiro atoms. The van der Waals surface area contributed by atoms with Gasteiger partial charge in [-0.2, -0.15) is 5.10 Å². The van der Waals surface area contributed by atoms with Crippen LogP contribution in [0.25, 0.3) is 27.9 Å². The molecule has 4 aromatic heterocycles. The first-order valence-electron chi connectivity index (χ1n) is 14.4. The lowest BCUT2D eigenvalue weighted by atomic mass is 10.0. The summed E-state index contributed by atoms with van der Waals surface area (Å²) in [6, 6.07) is 7.21. The lowest BCUT2D eigenvalue weighted by Crippen LogP contribution is -2.54. The molecule has 0 radical (unpaired) electrons. The molecule has 2 atom stereocenters. The van der Waals surface area contributed by atoms with E-state index >= 15 is 0 Å². The van der Waals surface area contributed by atoms with E-state index in [0.717, 1.165) is 40.0 Å². The van der Waals surface area contributed by atoms with Crippen LogP contribution in [-0.2, 0) is 11.3 Å². The second kappa shape index (κ2) is 10.6. The van der Waals surface area contributed by atoms with Crippen molar-refractivity contribution in [2.45, 2.75) is 71.3 Å². The van der Waals surface area contributed by atoms with Crippen molar-refractivity contribution >= 4 is 28.6 Å². The monoisotopic (exact) mass is 576 g/mol. The Bertz CT molecular complexity index is 1670. The predicted molar refractivity (Wildman–Crippen MR) is 157 cm³/mol. The summed E-state index contributed by atoms with van der Waals surface area (Å²) in [6.07, 6.45) is 4.08. The number of carbonyl (C=O) groups excluding carboxylic acids is 2.